The highest BCUT2D eigenvalue weighted by Crippen LogP contribution is 2.35. The summed E-state index contributed by atoms with van der Waals surface area (Å²) in [5.74, 6) is 3.60. The average molecular weight is 386 g/mol. The van der Waals surface area contributed by atoms with E-state index in [1.54, 1.807) is 0 Å². The van der Waals surface area contributed by atoms with Crippen LogP contribution in [0.5, 0.6) is 5.75 Å². The number of likely N-dealkylation sites (tertiary alicyclic amines) is 1. The third kappa shape index (κ3) is 5.71. The van der Waals surface area contributed by atoms with Crippen LogP contribution in [0.1, 0.15) is 45.1 Å². The minimum Gasteiger partial charge on any atom is -0.492 e. The molecule has 1 aromatic carbocycles. The summed E-state index contributed by atoms with van der Waals surface area (Å²) in [6, 6.07) is 10.2. The number of ether oxygens (including phenoxy) is 1. The Bertz CT molecular complexity index is 590. The second-order valence-electron chi connectivity index (χ2n) is 9.53. The number of hydrogen-bond acceptors (Lipinski definition) is 4. The van der Waals surface area contributed by atoms with Gasteiger partial charge in [-0.25, -0.2) is 0 Å². The maximum atomic E-state index is 5.97. The molecule has 0 spiro atoms. The molecule has 3 fully saturated rings. The summed E-state index contributed by atoms with van der Waals surface area (Å²) < 4.78 is 5.97. The molecule has 4 unspecified atom stereocenters. The Morgan fingerprint density at radius 1 is 1.07 bits per heavy atom. The van der Waals surface area contributed by atoms with Crippen LogP contribution >= 0.6 is 0 Å². The third-order valence-corrected chi connectivity index (χ3v) is 7.14. The van der Waals surface area contributed by atoms with Crippen molar-refractivity contribution < 1.29 is 4.74 Å². The van der Waals surface area contributed by atoms with Crippen LogP contribution in [0, 0.1) is 17.8 Å². The zero-order valence-electron chi connectivity index (χ0n) is 17.8. The van der Waals surface area contributed by atoms with Crippen LogP contribution in [-0.2, 0) is 6.42 Å². The summed E-state index contributed by atoms with van der Waals surface area (Å²) in [7, 11) is 0. The second kappa shape index (κ2) is 9.60. The molecule has 28 heavy (non-hydrogen) atoms. The molecule has 4 atom stereocenters. The van der Waals surface area contributed by atoms with Gasteiger partial charge in [-0.3, -0.25) is 4.90 Å². The molecular weight excluding hydrogens is 346 g/mol. The topological polar surface area (TPSA) is 36.5 Å². The SMILES string of the molecule is CC1CN(CCOc2ccc(CCNC3CCNC(C4CC4)C3)cc2)CC1C. The summed E-state index contributed by atoms with van der Waals surface area (Å²) in [4.78, 5) is 2.53. The molecule has 4 nitrogen and oxygen atoms in total. The number of hydrogen-bond donors (Lipinski definition) is 2. The van der Waals surface area contributed by atoms with Gasteiger partial charge >= 0.3 is 0 Å². The van der Waals surface area contributed by atoms with E-state index < -0.39 is 0 Å². The van der Waals surface area contributed by atoms with Gasteiger partial charge in [-0.05, 0) is 80.6 Å². The summed E-state index contributed by atoms with van der Waals surface area (Å²) in [5.41, 5.74) is 1.40. The van der Waals surface area contributed by atoms with E-state index in [1.165, 1.54) is 50.9 Å². The summed E-state index contributed by atoms with van der Waals surface area (Å²) in [6.45, 7) is 11.2. The van der Waals surface area contributed by atoms with Gasteiger partial charge in [0.2, 0.25) is 0 Å². The van der Waals surface area contributed by atoms with E-state index in [2.05, 4.69) is 53.6 Å². The first kappa shape index (κ1) is 20.2. The molecule has 4 heteroatoms. The Morgan fingerprint density at radius 2 is 1.82 bits per heavy atom. The van der Waals surface area contributed by atoms with Crippen molar-refractivity contribution in [2.45, 2.75) is 58.0 Å². The monoisotopic (exact) mass is 385 g/mol. The number of benzene rings is 1. The predicted octanol–water partition coefficient (Wildman–Crippen LogP) is 3.32. The van der Waals surface area contributed by atoms with Crippen LogP contribution in [0.2, 0.25) is 0 Å². The first-order valence-electron chi connectivity index (χ1n) is 11.6. The highest BCUT2D eigenvalue weighted by molar-refractivity contribution is 5.27. The fourth-order valence-corrected chi connectivity index (χ4v) is 4.89. The molecule has 2 saturated heterocycles. The van der Waals surface area contributed by atoms with Crippen molar-refractivity contribution >= 4 is 0 Å². The van der Waals surface area contributed by atoms with Crippen molar-refractivity contribution in [2.75, 3.05) is 39.3 Å². The van der Waals surface area contributed by atoms with Gasteiger partial charge in [0.1, 0.15) is 12.4 Å². The van der Waals surface area contributed by atoms with E-state index >= 15 is 0 Å². The Kier molecular flexibility index (Phi) is 6.92. The maximum absolute atomic E-state index is 5.97. The molecule has 1 aromatic rings. The molecule has 1 saturated carbocycles. The number of piperidine rings is 1. The lowest BCUT2D eigenvalue weighted by atomic mass is 9.96. The van der Waals surface area contributed by atoms with Gasteiger partial charge in [-0.1, -0.05) is 26.0 Å². The molecule has 0 radical (unpaired) electrons. The van der Waals surface area contributed by atoms with Crippen molar-refractivity contribution in [2.24, 2.45) is 17.8 Å². The van der Waals surface area contributed by atoms with Crippen LogP contribution in [-0.4, -0.2) is 56.3 Å². The van der Waals surface area contributed by atoms with E-state index in [0.717, 1.165) is 55.7 Å². The van der Waals surface area contributed by atoms with E-state index in [-0.39, 0.29) is 0 Å². The van der Waals surface area contributed by atoms with Gasteiger partial charge < -0.3 is 15.4 Å². The highest BCUT2D eigenvalue weighted by Gasteiger charge is 2.34. The lowest BCUT2D eigenvalue weighted by Gasteiger charge is -2.31. The van der Waals surface area contributed by atoms with Crippen LogP contribution in [0.4, 0.5) is 0 Å². The predicted molar refractivity (Wildman–Crippen MR) is 116 cm³/mol. The van der Waals surface area contributed by atoms with Gasteiger partial charge in [0, 0.05) is 31.7 Å². The van der Waals surface area contributed by atoms with Crippen molar-refractivity contribution in [3.63, 3.8) is 0 Å². The van der Waals surface area contributed by atoms with Crippen LogP contribution in [0.3, 0.4) is 0 Å². The molecule has 2 aliphatic heterocycles. The molecule has 0 amide bonds. The Labute approximate surface area is 171 Å². The Morgan fingerprint density at radius 3 is 2.54 bits per heavy atom. The van der Waals surface area contributed by atoms with Crippen LogP contribution in [0.25, 0.3) is 0 Å². The van der Waals surface area contributed by atoms with Gasteiger partial charge in [-0.2, -0.15) is 0 Å². The Balaban J connectivity index is 1.12. The molecule has 2 N–H and O–H groups in total. The molecule has 156 valence electrons. The zero-order valence-corrected chi connectivity index (χ0v) is 17.8. The lowest BCUT2D eigenvalue weighted by Crippen LogP contribution is -2.47. The van der Waals surface area contributed by atoms with Crippen LogP contribution < -0.4 is 15.4 Å². The van der Waals surface area contributed by atoms with Crippen molar-refractivity contribution in [1.82, 2.24) is 15.5 Å². The number of rotatable bonds is 9. The molecule has 2 heterocycles. The maximum Gasteiger partial charge on any atom is 0.119 e. The fourth-order valence-electron chi connectivity index (χ4n) is 4.89. The third-order valence-electron chi connectivity index (χ3n) is 7.14. The minimum atomic E-state index is 0.700. The molecule has 3 aliphatic rings. The standard InChI is InChI=1S/C24H39N3O/c1-18-16-27(17-19(18)2)13-14-28-23-7-3-20(4-8-23)9-11-25-22-10-12-26-24(15-22)21-5-6-21/h3-4,7-8,18-19,21-22,24-26H,5-6,9-17H2,1-2H3. The second-order valence-corrected chi connectivity index (χ2v) is 9.53. The molecule has 1 aliphatic carbocycles. The molecule has 4 rings (SSSR count). The van der Waals surface area contributed by atoms with Gasteiger partial charge in [-0.15, -0.1) is 0 Å². The minimum absolute atomic E-state index is 0.700. The van der Waals surface area contributed by atoms with Crippen molar-refractivity contribution in [3.05, 3.63) is 29.8 Å². The average Bonchev–Trinajstić information content (AvgIpc) is 3.50. The Hall–Kier alpha value is -1.10. The first-order chi connectivity index (χ1) is 13.7. The van der Waals surface area contributed by atoms with Gasteiger partial charge in [0.15, 0.2) is 0 Å². The van der Waals surface area contributed by atoms with E-state index in [0.29, 0.717) is 6.04 Å². The summed E-state index contributed by atoms with van der Waals surface area (Å²) >= 11 is 0. The van der Waals surface area contributed by atoms with Gasteiger partial charge in [0.05, 0.1) is 0 Å². The number of nitrogens with zero attached hydrogens (tertiary/aromatic N) is 1. The highest BCUT2D eigenvalue weighted by atomic mass is 16.5. The molecular formula is C24H39N3O. The molecule has 0 bridgehead atoms. The zero-order chi connectivity index (χ0) is 19.3. The normalized spacial score (nSPS) is 31.2. The summed E-state index contributed by atoms with van der Waals surface area (Å²) in [5, 5.41) is 7.50. The summed E-state index contributed by atoms with van der Waals surface area (Å²) in [6.07, 6.45) is 6.56. The van der Waals surface area contributed by atoms with Crippen molar-refractivity contribution in [3.8, 4) is 5.75 Å². The number of nitrogens with one attached hydrogen (secondary N) is 2. The van der Waals surface area contributed by atoms with E-state index in [9.17, 15) is 0 Å². The van der Waals surface area contributed by atoms with Crippen molar-refractivity contribution in [1.29, 1.82) is 0 Å². The lowest BCUT2D eigenvalue weighted by molar-refractivity contribution is 0.232. The largest absolute Gasteiger partial charge is 0.492 e. The smallest absolute Gasteiger partial charge is 0.119 e. The first-order valence-corrected chi connectivity index (χ1v) is 11.6. The quantitative estimate of drug-likeness (QED) is 0.684. The van der Waals surface area contributed by atoms with E-state index in [4.69, 9.17) is 4.74 Å². The van der Waals surface area contributed by atoms with Crippen LogP contribution in [0.15, 0.2) is 24.3 Å². The fraction of sp³-hybridized carbons (Fsp3) is 0.750. The van der Waals surface area contributed by atoms with Gasteiger partial charge in [0.25, 0.3) is 0 Å². The van der Waals surface area contributed by atoms with E-state index in [1.807, 2.05) is 0 Å². The molecule has 0 aromatic heterocycles.